The predicted octanol–water partition coefficient (Wildman–Crippen LogP) is 2.44. The van der Waals surface area contributed by atoms with Gasteiger partial charge in [-0.05, 0) is 48.5 Å². The summed E-state index contributed by atoms with van der Waals surface area (Å²) in [7, 11) is 0. The van der Waals surface area contributed by atoms with Gasteiger partial charge in [-0.15, -0.1) is 0 Å². The Hall–Kier alpha value is -1.35. The lowest BCUT2D eigenvalue weighted by molar-refractivity contribution is 0.658. The van der Waals surface area contributed by atoms with E-state index in [1.165, 1.54) is 24.0 Å². The monoisotopic (exact) mass is 229 g/mol. The molecule has 1 radical (unpaired) electrons. The standard InChI is InChI=1S/C13H13N2S/c16-13-14-8-11(15-13)7-10-6-5-9-3-1-2-4-12(9)10/h1-4,8,10H,5-7H2,(H,14,16)/t10-/m0/s1. The molecule has 1 aromatic rings. The van der Waals surface area contributed by atoms with Crippen molar-refractivity contribution in [2.75, 3.05) is 0 Å². The van der Waals surface area contributed by atoms with Crippen molar-refractivity contribution in [3.05, 3.63) is 47.3 Å². The van der Waals surface area contributed by atoms with Crippen molar-refractivity contribution in [3.8, 4) is 0 Å². The molecule has 0 bridgehead atoms. The third-order valence-corrected chi connectivity index (χ3v) is 3.53. The first kappa shape index (κ1) is 9.85. The first-order valence-electron chi connectivity index (χ1n) is 5.62. The number of aryl methyl sites for hydroxylation is 1. The molecule has 2 aliphatic rings. The van der Waals surface area contributed by atoms with Gasteiger partial charge in [0.15, 0.2) is 5.11 Å². The van der Waals surface area contributed by atoms with Gasteiger partial charge in [0.2, 0.25) is 0 Å². The molecular formula is C13H13N2S. The Bertz CT molecular complexity index is 465. The summed E-state index contributed by atoms with van der Waals surface area (Å²) in [6.07, 6.45) is 5.37. The number of nitrogens with one attached hydrogen (secondary N) is 1. The van der Waals surface area contributed by atoms with Crippen LogP contribution in [0.15, 0.2) is 36.2 Å². The molecule has 0 aromatic heterocycles. The van der Waals surface area contributed by atoms with Crippen molar-refractivity contribution in [3.63, 3.8) is 0 Å². The molecule has 1 aliphatic heterocycles. The van der Waals surface area contributed by atoms with Gasteiger partial charge in [-0.2, -0.15) is 0 Å². The molecule has 0 saturated heterocycles. The van der Waals surface area contributed by atoms with E-state index in [0.717, 1.165) is 12.1 Å². The van der Waals surface area contributed by atoms with Crippen molar-refractivity contribution in [2.24, 2.45) is 0 Å². The predicted molar refractivity (Wildman–Crippen MR) is 68.1 cm³/mol. The molecule has 2 nitrogen and oxygen atoms in total. The molecule has 1 aliphatic carbocycles. The van der Waals surface area contributed by atoms with Crippen LogP contribution in [0.5, 0.6) is 0 Å². The molecule has 3 rings (SSSR count). The third kappa shape index (κ3) is 1.71. The van der Waals surface area contributed by atoms with Crippen LogP contribution in [-0.4, -0.2) is 5.11 Å². The first-order chi connectivity index (χ1) is 7.83. The summed E-state index contributed by atoms with van der Waals surface area (Å²) in [5, 5.41) is 7.88. The normalized spacial score (nSPS) is 22.4. The smallest absolute Gasteiger partial charge is 0.197 e. The minimum Gasteiger partial charge on any atom is -0.336 e. The van der Waals surface area contributed by atoms with Gasteiger partial charge in [-0.1, -0.05) is 24.3 Å². The van der Waals surface area contributed by atoms with Crippen molar-refractivity contribution in [2.45, 2.75) is 25.2 Å². The Balaban J connectivity index is 1.76. The molecule has 16 heavy (non-hydrogen) atoms. The van der Waals surface area contributed by atoms with Crippen LogP contribution in [0.25, 0.3) is 0 Å². The number of nitrogens with zero attached hydrogens (tertiary/aromatic N) is 1. The number of hydrogen-bond acceptors (Lipinski definition) is 1. The van der Waals surface area contributed by atoms with Crippen LogP contribution in [0.1, 0.15) is 29.9 Å². The molecule has 0 spiro atoms. The molecule has 0 fully saturated rings. The highest BCUT2D eigenvalue weighted by Gasteiger charge is 2.24. The highest BCUT2D eigenvalue weighted by molar-refractivity contribution is 7.80. The van der Waals surface area contributed by atoms with Gasteiger partial charge in [-0.25, -0.2) is 5.32 Å². The number of hydrogen-bond donors (Lipinski definition) is 1. The summed E-state index contributed by atoms with van der Waals surface area (Å²) in [6, 6.07) is 8.73. The molecule has 3 heteroatoms. The van der Waals surface area contributed by atoms with Crippen LogP contribution in [0, 0.1) is 0 Å². The van der Waals surface area contributed by atoms with Gasteiger partial charge in [0.1, 0.15) is 0 Å². The molecule has 1 aromatic carbocycles. The fourth-order valence-electron chi connectivity index (χ4n) is 2.55. The van der Waals surface area contributed by atoms with Gasteiger partial charge in [0, 0.05) is 6.20 Å². The Morgan fingerprint density at radius 2 is 2.25 bits per heavy atom. The molecule has 1 atom stereocenters. The van der Waals surface area contributed by atoms with E-state index in [-0.39, 0.29) is 0 Å². The minimum atomic E-state index is 0.598. The van der Waals surface area contributed by atoms with E-state index in [1.807, 2.05) is 6.20 Å². The largest absolute Gasteiger partial charge is 0.336 e. The van der Waals surface area contributed by atoms with E-state index in [2.05, 4.69) is 34.9 Å². The van der Waals surface area contributed by atoms with E-state index in [4.69, 9.17) is 12.2 Å². The summed E-state index contributed by atoms with van der Waals surface area (Å²) < 4.78 is 0. The second-order valence-corrected chi connectivity index (χ2v) is 4.72. The fourth-order valence-corrected chi connectivity index (χ4v) is 2.73. The lowest BCUT2D eigenvalue weighted by Gasteiger charge is -2.10. The molecule has 0 unspecified atom stereocenters. The van der Waals surface area contributed by atoms with Crippen LogP contribution < -0.4 is 10.6 Å². The Morgan fingerprint density at radius 1 is 1.38 bits per heavy atom. The Labute approximate surface area is 101 Å². The number of thiocarbonyl (C=S) groups is 1. The zero-order valence-corrected chi connectivity index (χ0v) is 9.76. The van der Waals surface area contributed by atoms with Crippen molar-refractivity contribution in [1.82, 2.24) is 10.6 Å². The van der Waals surface area contributed by atoms with E-state index < -0.39 is 0 Å². The number of rotatable bonds is 2. The average Bonchev–Trinajstić information content (AvgIpc) is 2.87. The summed E-state index contributed by atoms with van der Waals surface area (Å²) >= 11 is 4.99. The highest BCUT2D eigenvalue weighted by Crippen LogP contribution is 2.36. The maximum Gasteiger partial charge on any atom is 0.197 e. The second-order valence-electron chi connectivity index (χ2n) is 4.34. The van der Waals surface area contributed by atoms with E-state index in [1.54, 1.807) is 0 Å². The van der Waals surface area contributed by atoms with Crippen molar-refractivity contribution >= 4 is 17.3 Å². The molecular weight excluding hydrogens is 216 g/mol. The van der Waals surface area contributed by atoms with Crippen LogP contribution in [0.3, 0.4) is 0 Å². The van der Waals surface area contributed by atoms with Gasteiger partial charge < -0.3 is 5.32 Å². The number of benzene rings is 1. The Kier molecular flexibility index (Phi) is 2.40. The van der Waals surface area contributed by atoms with Gasteiger partial charge in [-0.3, -0.25) is 0 Å². The number of fused-ring (bicyclic) bond motifs is 1. The first-order valence-corrected chi connectivity index (χ1v) is 6.03. The van der Waals surface area contributed by atoms with E-state index in [0.29, 0.717) is 11.0 Å². The van der Waals surface area contributed by atoms with Crippen LogP contribution in [0.2, 0.25) is 0 Å². The minimum absolute atomic E-state index is 0.598. The molecule has 0 amide bonds. The van der Waals surface area contributed by atoms with Crippen LogP contribution in [-0.2, 0) is 6.42 Å². The summed E-state index contributed by atoms with van der Waals surface area (Å²) in [5.41, 5.74) is 4.09. The fraction of sp³-hybridized carbons (Fsp3) is 0.308. The summed E-state index contributed by atoms with van der Waals surface area (Å²) in [4.78, 5) is 0. The quantitative estimate of drug-likeness (QED) is 0.788. The Morgan fingerprint density at radius 3 is 3.06 bits per heavy atom. The second kappa shape index (κ2) is 3.91. The molecule has 0 saturated carbocycles. The van der Waals surface area contributed by atoms with Crippen molar-refractivity contribution < 1.29 is 0 Å². The van der Waals surface area contributed by atoms with Gasteiger partial charge in [0.25, 0.3) is 0 Å². The van der Waals surface area contributed by atoms with Crippen molar-refractivity contribution in [1.29, 1.82) is 0 Å². The third-order valence-electron chi connectivity index (χ3n) is 3.32. The lowest BCUT2D eigenvalue weighted by atomic mass is 9.96. The zero-order chi connectivity index (χ0) is 11.0. The lowest BCUT2D eigenvalue weighted by Crippen LogP contribution is -2.16. The summed E-state index contributed by atoms with van der Waals surface area (Å²) in [5.74, 6) is 0.619. The van der Waals surface area contributed by atoms with E-state index in [9.17, 15) is 0 Å². The molecule has 81 valence electrons. The van der Waals surface area contributed by atoms with E-state index >= 15 is 0 Å². The van der Waals surface area contributed by atoms with Crippen LogP contribution in [0.4, 0.5) is 0 Å². The van der Waals surface area contributed by atoms with Gasteiger partial charge in [0.05, 0.1) is 5.70 Å². The zero-order valence-electron chi connectivity index (χ0n) is 8.94. The average molecular weight is 229 g/mol. The SMILES string of the molecule is S=C1[N]C(C[C@@H]2CCc3ccccc32)=CN1. The van der Waals surface area contributed by atoms with Crippen LogP contribution >= 0.6 is 12.2 Å². The maximum absolute atomic E-state index is 4.99. The molecule has 1 heterocycles. The molecule has 1 N–H and O–H groups in total. The van der Waals surface area contributed by atoms with Gasteiger partial charge >= 0.3 is 0 Å². The number of allylic oxidation sites excluding steroid dienone is 1. The summed E-state index contributed by atoms with van der Waals surface area (Å²) in [6.45, 7) is 0. The maximum atomic E-state index is 4.99. The topological polar surface area (TPSA) is 26.1 Å². The highest BCUT2D eigenvalue weighted by atomic mass is 32.1.